The largest absolute Gasteiger partial charge is 0.492 e. The fourth-order valence-corrected chi connectivity index (χ4v) is 4.78. The lowest BCUT2D eigenvalue weighted by atomic mass is 9.86. The van der Waals surface area contributed by atoms with Crippen LogP contribution in [-0.2, 0) is 18.9 Å². The molecule has 10 nitrogen and oxygen atoms in total. The van der Waals surface area contributed by atoms with E-state index < -0.39 is 37.3 Å². The van der Waals surface area contributed by atoms with E-state index in [9.17, 15) is 20.4 Å². The Morgan fingerprint density at radius 2 is 1.76 bits per heavy atom. The van der Waals surface area contributed by atoms with Crippen molar-refractivity contribution in [2.45, 2.75) is 49.0 Å². The van der Waals surface area contributed by atoms with Crippen LogP contribution in [0, 0.1) is 5.92 Å². The Balaban J connectivity index is 1.36. The highest BCUT2D eigenvalue weighted by atomic mass is 16.7. The highest BCUT2D eigenvalue weighted by molar-refractivity contribution is 5.49. The molecule has 2 fully saturated rings. The molecule has 3 heterocycles. The number of rotatable bonds is 5. The van der Waals surface area contributed by atoms with E-state index in [1.165, 1.54) is 0 Å². The number of methoxy groups -OCH3 is 2. The Morgan fingerprint density at radius 3 is 2.48 bits per heavy atom. The Labute approximate surface area is 190 Å². The molecule has 4 aliphatic rings. The number of ether oxygens (including phenoxy) is 6. The normalized spacial score (nSPS) is 39.3. The van der Waals surface area contributed by atoms with Crippen molar-refractivity contribution in [3.05, 3.63) is 47.2 Å². The Bertz CT molecular complexity index is 943. The fourth-order valence-electron chi connectivity index (χ4n) is 4.78. The zero-order chi connectivity index (χ0) is 23.3. The average molecular weight is 464 g/mol. The summed E-state index contributed by atoms with van der Waals surface area (Å²) in [4.78, 5) is 0. The van der Waals surface area contributed by atoms with E-state index in [0.717, 1.165) is 16.9 Å². The first kappa shape index (κ1) is 22.6. The Kier molecular flexibility index (Phi) is 6.08. The summed E-state index contributed by atoms with van der Waals surface area (Å²) in [5.74, 6) is 1.69. The lowest BCUT2D eigenvalue weighted by molar-refractivity contribution is -0.277. The molecule has 9 atom stereocenters. The molecule has 3 aliphatic heterocycles. The molecule has 9 unspecified atom stereocenters. The lowest BCUT2D eigenvalue weighted by Gasteiger charge is -2.39. The Hall–Kier alpha value is -2.18. The number of aliphatic hydroxyl groups is 4. The van der Waals surface area contributed by atoms with Crippen LogP contribution in [0.3, 0.4) is 0 Å². The first-order valence-electron chi connectivity index (χ1n) is 10.8. The lowest BCUT2D eigenvalue weighted by Crippen LogP contribution is -2.60. The van der Waals surface area contributed by atoms with E-state index >= 15 is 0 Å². The van der Waals surface area contributed by atoms with Crippen LogP contribution in [0.5, 0.6) is 11.5 Å². The van der Waals surface area contributed by atoms with Gasteiger partial charge in [-0.1, -0.05) is 0 Å². The molecule has 180 valence electrons. The van der Waals surface area contributed by atoms with Crippen LogP contribution in [0.1, 0.15) is 11.7 Å². The maximum Gasteiger partial charge on any atom is 0.229 e. The number of benzene rings is 1. The number of allylic oxidation sites excluding steroid dienone is 1. The van der Waals surface area contributed by atoms with Crippen molar-refractivity contribution >= 4 is 0 Å². The van der Waals surface area contributed by atoms with Crippen molar-refractivity contribution < 1.29 is 48.8 Å². The molecule has 10 heteroatoms. The summed E-state index contributed by atoms with van der Waals surface area (Å²) in [5, 5.41) is 39.5. The highest BCUT2D eigenvalue weighted by Gasteiger charge is 2.47. The molecule has 33 heavy (non-hydrogen) atoms. The average Bonchev–Trinajstić information content (AvgIpc) is 3.21. The maximum atomic E-state index is 10.2. The van der Waals surface area contributed by atoms with E-state index in [1.54, 1.807) is 26.4 Å². The van der Waals surface area contributed by atoms with Crippen molar-refractivity contribution in [3.8, 4) is 11.5 Å². The molecule has 0 spiro atoms. The third-order valence-electron chi connectivity index (χ3n) is 6.64. The highest BCUT2D eigenvalue weighted by Crippen LogP contribution is 2.51. The fraction of sp³-hybridized carbons (Fsp3) is 0.565. The van der Waals surface area contributed by atoms with Crippen molar-refractivity contribution in [1.82, 2.24) is 0 Å². The van der Waals surface area contributed by atoms with Crippen molar-refractivity contribution in [1.29, 1.82) is 0 Å². The smallest absolute Gasteiger partial charge is 0.229 e. The second-order valence-electron chi connectivity index (χ2n) is 8.52. The van der Waals surface area contributed by atoms with Crippen molar-refractivity contribution in [2.75, 3.05) is 27.4 Å². The van der Waals surface area contributed by atoms with E-state index in [0.29, 0.717) is 18.1 Å². The van der Waals surface area contributed by atoms with Gasteiger partial charge in [-0.25, -0.2) is 0 Å². The monoisotopic (exact) mass is 464 g/mol. The standard InChI is InChI=1S/C23H28O10/c1-28-16-6-12-13-9-30-14-5-10(31-23-21(27)20(26)19(25)18(8-24)33-23)3-4-11(14)22(13)32-15(12)7-17(16)29-2/h3-7,13,16-27H,8-9H2,1-2H3. The molecule has 1 aromatic rings. The number of hydrogen-bond donors (Lipinski definition) is 4. The van der Waals surface area contributed by atoms with Crippen LogP contribution in [0.2, 0.25) is 0 Å². The predicted octanol–water partition coefficient (Wildman–Crippen LogP) is -0.201. The molecular weight excluding hydrogens is 436 g/mol. The van der Waals surface area contributed by atoms with Gasteiger partial charge in [0.1, 0.15) is 60.0 Å². The minimum Gasteiger partial charge on any atom is -0.492 e. The molecule has 0 aromatic heterocycles. The zero-order valence-corrected chi connectivity index (χ0v) is 18.2. The zero-order valence-electron chi connectivity index (χ0n) is 18.2. The van der Waals surface area contributed by atoms with Gasteiger partial charge in [-0.3, -0.25) is 0 Å². The van der Waals surface area contributed by atoms with Gasteiger partial charge in [-0.2, -0.15) is 0 Å². The summed E-state index contributed by atoms with van der Waals surface area (Å²) < 4.78 is 34.4. The first-order valence-corrected chi connectivity index (χ1v) is 10.8. The molecular formula is C23H28O10. The summed E-state index contributed by atoms with van der Waals surface area (Å²) in [5.41, 5.74) is 1.89. The molecule has 4 N–H and O–H groups in total. The Morgan fingerprint density at radius 1 is 1.00 bits per heavy atom. The summed E-state index contributed by atoms with van der Waals surface area (Å²) in [7, 11) is 3.27. The van der Waals surface area contributed by atoms with Crippen molar-refractivity contribution in [2.24, 2.45) is 5.92 Å². The summed E-state index contributed by atoms with van der Waals surface area (Å²) in [6, 6.07) is 5.18. The summed E-state index contributed by atoms with van der Waals surface area (Å²) in [6.07, 6.45) is -3.49. The minimum absolute atomic E-state index is 0.0106. The molecule has 1 aliphatic carbocycles. The molecule has 0 bridgehead atoms. The van der Waals surface area contributed by atoms with Crippen molar-refractivity contribution in [3.63, 3.8) is 0 Å². The van der Waals surface area contributed by atoms with Crippen LogP contribution in [-0.4, -0.2) is 90.8 Å². The van der Waals surface area contributed by atoms with Gasteiger partial charge >= 0.3 is 0 Å². The molecule has 0 saturated carbocycles. The van der Waals surface area contributed by atoms with Gasteiger partial charge in [0.05, 0.1) is 19.1 Å². The van der Waals surface area contributed by atoms with E-state index in [4.69, 9.17) is 28.4 Å². The van der Waals surface area contributed by atoms with Gasteiger partial charge in [-0.05, 0) is 24.3 Å². The molecule has 2 saturated heterocycles. The first-order chi connectivity index (χ1) is 15.9. The number of fused-ring (bicyclic) bond motifs is 5. The van der Waals surface area contributed by atoms with Gasteiger partial charge in [0, 0.05) is 31.4 Å². The van der Waals surface area contributed by atoms with Crippen LogP contribution in [0.15, 0.2) is 41.7 Å². The third kappa shape index (κ3) is 3.81. The van der Waals surface area contributed by atoms with Crippen LogP contribution in [0.4, 0.5) is 0 Å². The predicted molar refractivity (Wildman–Crippen MR) is 111 cm³/mol. The number of hydrogen-bond acceptors (Lipinski definition) is 10. The second-order valence-corrected chi connectivity index (χ2v) is 8.52. The molecule has 5 rings (SSSR count). The summed E-state index contributed by atoms with van der Waals surface area (Å²) >= 11 is 0. The second kappa shape index (κ2) is 8.88. The van der Waals surface area contributed by atoms with E-state index in [1.807, 2.05) is 18.2 Å². The van der Waals surface area contributed by atoms with Gasteiger partial charge in [-0.15, -0.1) is 0 Å². The van der Waals surface area contributed by atoms with Gasteiger partial charge in [0.15, 0.2) is 0 Å². The van der Waals surface area contributed by atoms with Gasteiger partial charge in [0.2, 0.25) is 6.29 Å². The molecule has 0 radical (unpaired) electrons. The van der Waals surface area contributed by atoms with Gasteiger partial charge in [0.25, 0.3) is 0 Å². The van der Waals surface area contributed by atoms with E-state index in [-0.39, 0.29) is 24.2 Å². The van der Waals surface area contributed by atoms with Gasteiger partial charge < -0.3 is 48.8 Å². The molecule has 1 aromatic carbocycles. The quantitative estimate of drug-likeness (QED) is 0.464. The van der Waals surface area contributed by atoms with E-state index in [2.05, 4.69) is 0 Å². The SMILES string of the molecule is COC1C=C2OC3c4ccc(OC5OC(CO)C(O)C(O)C5O)cc4OCC3C2=CC1OC. The topological polar surface area (TPSA) is 136 Å². The summed E-state index contributed by atoms with van der Waals surface area (Å²) in [6.45, 7) is -0.128. The van der Waals surface area contributed by atoms with Crippen LogP contribution >= 0.6 is 0 Å². The minimum atomic E-state index is -1.51. The molecule has 0 amide bonds. The van der Waals surface area contributed by atoms with Crippen LogP contribution in [0.25, 0.3) is 0 Å². The number of aliphatic hydroxyl groups excluding tert-OH is 4. The van der Waals surface area contributed by atoms with Crippen LogP contribution < -0.4 is 9.47 Å². The third-order valence-corrected chi connectivity index (χ3v) is 6.64. The maximum absolute atomic E-state index is 10.2.